The molecule has 0 fully saturated rings. The normalized spacial score (nSPS) is 17.0. The minimum atomic E-state index is -0.363. The molecule has 2 unspecified atom stereocenters. The van der Waals surface area contributed by atoms with E-state index in [1.54, 1.807) is 23.5 Å². The van der Waals surface area contributed by atoms with Crippen LogP contribution in [-0.4, -0.2) is 48.5 Å². The fraction of sp³-hybridized carbons (Fsp3) is 0.294. The zero-order valence-corrected chi connectivity index (χ0v) is 25.3. The third-order valence-corrected chi connectivity index (χ3v) is 8.89. The van der Waals surface area contributed by atoms with Crippen molar-refractivity contribution in [2.45, 2.75) is 39.3 Å². The number of esters is 1. The van der Waals surface area contributed by atoms with Crippen LogP contribution in [0.3, 0.4) is 0 Å². The second-order valence-electron chi connectivity index (χ2n) is 10.2. The molecule has 0 radical (unpaired) electrons. The van der Waals surface area contributed by atoms with E-state index in [-0.39, 0.29) is 30.5 Å². The number of likely N-dealkylation sites (N-methyl/N-ethyl adjacent to an activating group) is 1. The molecule has 2 heterocycles. The van der Waals surface area contributed by atoms with Gasteiger partial charge in [0.1, 0.15) is 16.4 Å². The van der Waals surface area contributed by atoms with Crippen LogP contribution in [0.1, 0.15) is 64.8 Å². The lowest BCUT2D eigenvalue weighted by molar-refractivity contribution is 0.0525. The summed E-state index contributed by atoms with van der Waals surface area (Å²) in [6, 6.07) is 27.0. The van der Waals surface area contributed by atoms with E-state index in [0.717, 1.165) is 16.0 Å². The average Bonchev–Trinajstić information content (AvgIpc) is 3.36. The van der Waals surface area contributed by atoms with Gasteiger partial charge in [-0.1, -0.05) is 60.7 Å². The Morgan fingerprint density at radius 3 is 2.19 bits per heavy atom. The summed E-state index contributed by atoms with van der Waals surface area (Å²) in [4.78, 5) is 24.4. The molecule has 6 nitrogen and oxygen atoms in total. The highest BCUT2D eigenvalue weighted by Gasteiger charge is 2.39. The predicted octanol–water partition coefficient (Wildman–Crippen LogP) is 7.82. The molecule has 3 aromatic carbocycles. The van der Waals surface area contributed by atoms with E-state index in [1.165, 1.54) is 17.7 Å². The Balaban J connectivity index is 1.70. The van der Waals surface area contributed by atoms with Gasteiger partial charge in [-0.25, -0.2) is 14.2 Å². The van der Waals surface area contributed by atoms with Crippen molar-refractivity contribution in [3.63, 3.8) is 0 Å². The van der Waals surface area contributed by atoms with Gasteiger partial charge in [0.05, 0.1) is 12.6 Å². The predicted molar refractivity (Wildman–Crippen MR) is 169 cm³/mol. The summed E-state index contributed by atoms with van der Waals surface area (Å²) in [7, 11) is 2.16. The number of anilines is 1. The summed E-state index contributed by atoms with van der Waals surface area (Å²) in [6.45, 7) is 7.62. The minimum absolute atomic E-state index is 0.0584. The van der Waals surface area contributed by atoms with E-state index in [1.807, 2.05) is 19.1 Å². The standard InChI is InChI=1S/C34H37FN4O2S/c1-5-39(6-2)34(36-26-20-18-25(35)19-21-26)37-32-29(33(40)41-7-3)27-22-28(23-14-10-8-11-15-23)38(4)30(31(27)42-32)24-16-12-9-13-17-24/h8-21,28,30H,5-7,22H2,1-4H3,(H,36,37). The highest BCUT2D eigenvalue weighted by atomic mass is 32.1. The summed E-state index contributed by atoms with van der Waals surface area (Å²) in [5.74, 6) is -0.0703. The number of rotatable bonds is 8. The van der Waals surface area contributed by atoms with Crippen molar-refractivity contribution < 1.29 is 13.9 Å². The van der Waals surface area contributed by atoms with Crippen molar-refractivity contribution in [3.8, 4) is 0 Å². The van der Waals surface area contributed by atoms with Crippen LogP contribution in [0, 0.1) is 5.82 Å². The largest absolute Gasteiger partial charge is 0.462 e. The molecule has 0 saturated heterocycles. The summed E-state index contributed by atoms with van der Waals surface area (Å²) >= 11 is 1.54. The maximum absolute atomic E-state index is 13.7. The molecule has 1 aliphatic heterocycles. The molecule has 5 rings (SSSR count). The van der Waals surface area contributed by atoms with Crippen molar-refractivity contribution in [1.82, 2.24) is 9.80 Å². The number of guanidine groups is 1. The van der Waals surface area contributed by atoms with Gasteiger partial charge in [-0.15, -0.1) is 11.3 Å². The molecule has 1 aromatic heterocycles. The van der Waals surface area contributed by atoms with Gasteiger partial charge in [-0.2, -0.15) is 0 Å². The molecule has 2 atom stereocenters. The van der Waals surface area contributed by atoms with Crippen LogP contribution < -0.4 is 5.32 Å². The highest BCUT2D eigenvalue weighted by Crippen LogP contribution is 2.50. The van der Waals surface area contributed by atoms with Crippen molar-refractivity contribution in [1.29, 1.82) is 0 Å². The molecule has 218 valence electrons. The molecule has 0 aliphatic carbocycles. The van der Waals surface area contributed by atoms with Crippen LogP contribution in [0.25, 0.3) is 0 Å². The number of halogens is 1. The van der Waals surface area contributed by atoms with E-state index in [4.69, 9.17) is 9.73 Å². The lowest BCUT2D eigenvalue weighted by atomic mass is 9.86. The smallest absolute Gasteiger partial charge is 0.341 e. The van der Waals surface area contributed by atoms with Crippen LogP contribution in [-0.2, 0) is 11.2 Å². The van der Waals surface area contributed by atoms with Gasteiger partial charge in [0.2, 0.25) is 5.96 Å². The Morgan fingerprint density at radius 2 is 1.60 bits per heavy atom. The first-order chi connectivity index (χ1) is 20.4. The van der Waals surface area contributed by atoms with Gasteiger partial charge in [-0.3, -0.25) is 4.90 Å². The van der Waals surface area contributed by atoms with E-state index in [0.29, 0.717) is 41.7 Å². The third-order valence-electron chi connectivity index (χ3n) is 7.71. The minimum Gasteiger partial charge on any atom is -0.462 e. The quantitative estimate of drug-likeness (QED) is 0.130. The second-order valence-corrected chi connectivity index (χ2v) is 11.2. The number of ether oxygens (including phenoxy) is 1. The zero-order chi connectivity index (χ0) is 29.6. The van der Waals surface area contributed by atoms with Crippen molar-refractivity contribution in [2.24, 2.45) is 4.99 Å². The van der Waals surface area contributed by atoms with Crippen LogP contribution in [0.4, 0.5) is 15.1 Å². The SMILES string of the molecule is CCOC(=O)c1c(/N=C(/Nc2ccc(F)cc2)N(CC)CC)sc2c1CC(c1ccccc1)N(C)C2c1ccccc1. The topological polar surface area (TPSA) is 57.2 Å². The number of benzene rings is 3. The molecule has 4 aromatic rings. The van der Waals surface area contributed by atoms with Crippen molar-refractivity contribution in [3.05, 3.63) is 118 Å². The zero-order valence-electron chi connectivity index (χ0n) is 24.5. The molecule has 8 heteroatoms. The number of nitrogens with zero attached hydrogens (tertiary/aromatic N) is 3. The molecule has 42 heavy (non-hydrogen) atoms. The van der Waals surface area contributed by atoms with Crippen LogP contribution in [0.2, 0.25) is 0 Å². The molecule has 1 N–H and O–H groups in total. The van der Waals surface area contributed by atoms with E-state index >= 15 is 0 Å². The Labute approximate surface area is 251 Å². The Hall–Kier alpha value is -4.01. The number of hydrogen-bond donors (Lipinski definition) is 1. The molecule has 0 spiro atoms. The summed E-state index contributed by atoms with van der Waals surface area (Å²) in [5.41, 5.74) is 4.57. The average molecular weight is 585 g/mol. The Morgan fingerprint density at radius 1 is 0.976 bits per heavy atom. The summed E-state index contributed by atoms with van der Waals surface area (Å²) < 4.78 is 19.3. The first-order valence-electron chi connectivity index (χ1n) is 14.5. The number of carbonyl (C=O) groups is 1. The highest BCUT2D eigenvalue weighted by molar-refractivity contribution is 7.16. The third kappa shape index (κ3) is 6.10. The number of hydrogen-bond acceptors (Lipinski definition) is 5. The van der Waals surface area contributed by atoms with Gasteiger partial charge in [-0.05, 0) is 75.2 Å². The lowest BCUT2D eigenvalue weighted by Crippen LogP contribution is -2.36. The number of carbonyl (C=O) groups excluding carboxylic acids is 1. The molecule has 1 aliphatic rings. The maximum atomic E-state index is 13.7. The monoisotopic (exact) mass is 584 g/mol. The summed E-state index contributed by atoms with van der Waals surface area (Å²) in [5, 5.41) is 3.98. The van der Waals surface area contributed by atoms with E-state index in [2.05, 4.69) is 84.5 Å². The first kappa shape index (κ1) is 29.5. The Bertz CT molecular complexity index is 1520. The molecular weight excluding hydrogens is 547 g/mol. The first-order valence-corrected chi connectivity index (χ1v) is 15.3. The van der Waals surface area contributed by atoms with Crippen molar-refractivity contribution >= 4 is 34.0 Å². The molecular formula is C34H37FN4O2S. The fourth-order valence-corrected chi connectivity index (χ4v) is 6.97. The van der Waals surface area contributed by atoms with Gasteiger partial charge in [0, 0.05) is 29.7 Å². The molecule has 0 bridgehead atoms. The van der Waals surface area contributed by atoms with Crippen LogP contribution >= 0.6 is 11.3 Å². The van der Waals surface area contributed by atoms with E-state index < -0.39 is 0 Å². The van der Waals surface area contributed by atoms with E-state index in [9.17, 15) is 9.18 Å². The molecule has 0 saturated carbocycles. The Kier molecular flexibility index (Phi) is 9.35. The number of nitrogens with one attached hydrogen (secondary N) is 1. The van der Waals surface area contributed by atoms with Gasteiger partial charge < -0.3 is 15.0 Å². The van der Waals surface area contributed by atoms with Gasteiger partial charge in [0.15, 0.2) is 0 Å². The van der Waals surface area contributed by atoms with Gasteiger partial charge in [0.25, 0.3) is 0 Å². The fourth-order valence-electron chi connectivity index (χ4n) is 5.60. The lowest BCUT2D eigenvalue weighted by Gasteiger charge is -2.40. The van der Waals surface area contributed by atoms with Gasteiger partial charge >= 0.3 is 5.97 Å². The second kappa shape index (κ2) is 13.3. The maximum Gasteiger partial charge on any atom is 0.341 e. The van der Waals surface area contributed by atoms with Crippen LogP contribution in [0.15, 0.2) is 89.9 Å². The van der Waals surface area contributed by atoms with Crippen LogP contribution in [0.5, 0.6) is 0 Å². The number of thiophene rings is 1. The molecule has 0 amide bonds. The summed E-state index contributed by atoms with van der Waals surface area (Å²) in [6.07, 6.45) is 0.658. The van der Waals surface area contributed by atoms with Crippen molar-refractivity contribution in [2.75, 3.05) is 32.1 Å². The number of aliphatic imine (C=N–C) groups is 1. The number of fused-ring (bicyclic) bond motifs is 1.